The lowest BCUT2D eigenvalue weighted by atomic mass is 9.92. The van der Waals surface area contributed by atoms with E-state index < -0.39 is 29.7 Å². The second-order valence-corrected chi connectivity index (χ2v) is 9.17. The third kappa shape index (κ3) is 5.45. The first-order valence-corrected chi connectivity index (χ1v) is 11.5. The minimum absolute atomic E-state index is 0.0845. The lowest BCUT2D eigenvalue weighted by molar-refractivity contribution is -0.128. The molecule has 3 unspecified atom stereocenters. The molecule has 2 heterocycles. The van der Waals surface area contributed by atoms with Crippen molar-refractivity contribution in [1.29, 1.82) is 5.26 Å². The smallest absolute Gasteiger partial charge is 0.268 e. The van der Waals surface area contributed by atoms with Crippen LogP contribution in [0.3, 0.4) is 0 Å². The number of aromatic amines is 1. The van der Waals surface area contributed by atoms with Crippen molar-refractivity contribution in [2.45, 2.75) is 50.6 Å². The number of hydrogen-bond acceptors (Lipinski definition) is 4. The molecule has 4 rings (SSSR count). The SMILES string of the molecule is N#CC(CC1CCCNC1=O)NC(=O)C(CC1CC1)NC(=O)c1cc2c(Cl)ccc(F)c2[nH]1. The summed E-state index contributed by atoms with van der Waals surface area (Å²) < 4.78 is 14.1. The van der Waals surface area contributed by atoms with Gasteiger partial charge >= 0.3 is 0 Å². The highest BCUT2D eigenvalue weighted by Crippen LogP contribution is 2.34. The number of benzene rings is 1. The molecule has 0 bridgehead atoms. The van der Waals surface area contributed by atoms with Crippen LogP contribution in [-0.2, 0) is 9.59 Å². The molecule has 1 saturated carbocycles. The third-order valence-corrected chi connectivity index (χ3v) is 6.54. The number of aromatic nitrogens is 1. The van der Waals surface area contributed by atoms with E-state index in [0.717, 1.165) is 19.3 Å². The number of rotatable bonds is 8. The highest BCUT2D eigenvalue weighted by atomic mass is 35.5. The second-order valence-electron chi connectivity index (χ2n) is 8.76. The van der Waals surface area contributed by atoms with Gasteiger partial charge in [-0.1, -0.05) is 24.4 Å². The molecule has 2 aliphatic rings. The Morgan fingerprint density at radius 3 is 2.70 bits per heavy atom. The van der Waals surface area contributed by atoms with Crippen molar-refractivity contribution >= 4 is 40.2 Å². The molecule has 8 nitrogen and oxygen atoms in total. The van der Waals surface area contributed by atoms with Gasteiger partial charge in [-0.2, -0.15) is 5.26 Å². The molecule has 1 aromatic heterocycles. The van der Waals surface area contributed by atoms with Gasteiger partial charge in [0.25, 0.3) is 5.91 Å². The lowest BCUT2D eigenvalue weighted by Gasteiger charge is -2.25. The fourth-order valence-corrected chi connectivity index (χ4v) is 4.40. The van der Waals surface area contributed by atoms with Gasteiger partial charge in [-0.05, 0) is 49.8 Å². The topological polar surface area (TPSA) is 127 Å². The molecule has 33 heavy (non-hydrogen) atoms. The number of H-pyrrole nitrogens is 1. The maximum Gasteiger partial charge on any atom is 0.268 e. The molecule has 1 aromatic carbocycles. The summed E-state index contributed by atoms with van der Waals surface area (Å²) in [4.78, 5) is 40.6. The third-order valence-electron chi connectivity index (χ3n) is 6.21. The van der Waals surface area contributed by atoms with Gasteiger partial charge < -0.3 is 20.9 Å². The van der Waals surface area contributed by atoms with Gasteiger partial charge in [-0.25, -0.2) is 4.39 Å². The van der Waals surface area contributed by atoms with E-state index in [1.165, 1.54) is 18.2 Å². The van der Waals surface area contributed by atoms with Gasteiger partial charge in [0.2, 0.25) is 11.8 Å². The average molecular weight is 474 g/mol. The van der Waals surface area contributed by atoms with Gasteiger partial charge in [0.1, 0.15) is 23.6 Å². The number of amides is 3. The lowest BCUT2D eigenvalue weighted by Crippen LogP contribution is -2.50. The molecule has 2 fully saturated rings. The van der Waals surface area contributed by atoms with E-state index in [-0.39, 0.29) is 29.5 Å². The predicted molar refractivity (Wildman–Crippen MR) is 120 cm³/mol. The molecule has 3 atom stereocenters. The van der Waals surface area contributed by atoms with E-state index in [1.807, 2.05) is 0 Å². The zero-order chi connectivity index (χ0) is 23.5. The van der Waals surface area contributed by atoms with Crippen LogP contribution in [0.2, 0.25) is 5.02 Å². The summed E-state index contributed by atoms with van der Waals surface area (Å²) >= 11 is 6.10. The van der Waals surface area contributed by atoms with Gasteiger partial charge in [0.05, 0.1) is 16.6 Å². The van der Waals surface area contributed by atoms with Crippen molar-refractivity contribution in [3.63, 3.8) is 0 Å². The highest BCUT2D eigenvalue weighted by Gasteiger charge is 2.33. The van der Waals surface area contributed by atoms with Crippen molar-refractivity contribution < 1.29 is 18.8 Å². The molecular formula is C23H25ClFN5O3. The first-order chi connectivity index (χ1) is 15.9. The maximum absolute atomic E-state index is 14.1. The number of carbonyl (C=O) groups is 3. The molecule has 0 radical (unpaired) electrons. The van der Waals surface area contributed by atoms with E-state index >= 15 is 0 Å². The van der Waals surface area contributed by atoms with Gasteiger partial charge in [0, 0.05) is 17.8 Å². The summed E-state index contributed by atoms with van der Waals surface area (Å²) in [5.74, 6) is -1.69. The molecule has 10 heteroatoms. The fourth-order valence-electron chi connectivity index (χ4n) is 4.19. The Hall–Kier alpha value is -3.12. The molecular weight excluding hydrogens is 449 g/mol. The standard InChI is InChI=1S/C23H25ClFN5O3/c24-16-5-6-17(25)20-15(16)10-19(29-20)23(33)30-18(8-12-3-4-12)22(32)28-14(11-26)9-13-2-1-7-27-21(13)31/h5-6,10,12-14,18,29H,1-4,7-9H2,(H,27,31)(H,28,32)(H,30,33). The Balaban J connectivity index is 1.45. The summed E-state index contributed by atoms with van der Waals surface area (Å²) in [6.07, 6.45) is 4.10. The molecule has 1 aliphatic carbocycles. The molecule has 0 spiro atoms. The zero-order valence-corrected chi connectivity index (χ0v) is 18.7. The van der Waals surface area contributed by atoms with Crippen LogP contribution >= 0.6 is 11.6 Å². The van der Waals surface area contributed by atoms with E-state index in [9.17, 15) is 24.0 Å². The number of carbonyl (C=O) groups excluding carboxylic acids is 3. The number of hydrogen-bond donors (Lipinski definition) is 4. The van der Waals surface area contributed by atoms with Crippen LogP contribution in [0.25, 0.3) is 10.9 Å². The van der Waals surface area contributed by atoms with E-state index in [2.05, 4.69) is 27.0 Å². The molecule has 174 valence electrons. The maximum atomic E-state index is 14.1. The van der Waals surface area contributed by atoms with Gasteiger partial charge in [-0.15, -0.1) is 0 Å². The Bertz CT molecular complexity index is 1080. The van der Waals surface area contributed by atoms with Gasteiger partial charge in [-0.3, -0.25) is 14.4 Å². The Morgan fingerprint density at radius 1 is 1.24 bits per heavy atom. The number of nitrogens with zero attached hydrogens (tertiary/aromatic N) is 1. The molecule has 1 saturated heterocycles. The Morgan fingerprint density at radius 2 is 2.03 bits per heavy atom. The fraction of sp³-hybridized carbons (Fsp3) is 0.478. The normalized spacial score (nSPS) is 19.9. The average Bonchev–Trinajstić information content (AvgIpc) is 3.49. The molecule has 1 aliphatic heterocycles. The van der Waals surface area contributed by atoms with Crippen molar-refractivity contribution in [2.24, 2.45) is 11.8 Å². The quantitative estimate of drug-likeness (QED) is 0.470. The largest absolute Gasteiger partial charge is 0.356 e. The summed E-state index contributed by atoms with van der Waals surface area (Å²) in [7, 11) is 0. The van der Waals surface area contributed by atoms with Crippen LogP contribution in [0.5, 0.6) is 0 Å². The van der Waals surface area contributed by atoms with Crippen LogP contribution in [0, 0.1) is 29.0 Å². The molecule has 2 aromatic rings. The van der Waals surface area contributed by atoms with Crippen LogP contribution < -0.4 is 16.0 Å². The number of piperidine rings is 1. The first kappa shape index (κ1) is 23.1. The number of fused-ring (bicyclic) bond motifs is 1. The number of nitriles is 1. The van der Waals surface area contributed by atoms with Crippen LogP contribution in [0.15, 0.2) is 18.2 Å². The van der Waals surface area contributed by atoms with Crippen molar-refractivity contribution in [3.05, 3.63) is 34.7 Å². The number of nitrogens with one attached hydrogen (secondary N) is 4. The number of halogens is 2. The first-order valence-electron chi connectivity index (χ1n) is 11.1. The summed E-state index contributed by atoms with van der Waals surface area (Å²) in [5.41, 5.74) is 0.201. The Kier molecular flexibility index (Phi) is 6.84. The Labute approximate surface area is 195 Å². The van der Waals surface area contributed by atoms with Gasteiger partial charge in [0.15, 0.2) is 0 Å². The molecule has 3 amide bonds. The second kappa shape index (κ2) is 9.79. The highest BCUT2D eigenvalue weighted by molar-refractivity contribution is 6.35. The van der Waals surface area contributed by atoms with Crippen LogP contribution in [0.4, 0.5) is 4.39 Å². The monoisotopic (exact) mass is 473 g/mol. The van der Waals surface area contributed by atoms with Crippen molar-refractivity contribution in [3.8, 4) is 6.07 Å². The zero-order valence-electron chi connectivity index (χ0n) is 17.9. The predicted octanol–water partition coefficient (Wildman–Crippen LogP) is 2.78. The van der Waals surface area contributed by atoms with Crippen LogP contribution in [0.1, 0.15) is 49.0 Å². The van der Waals surface area contributed by atoms with Crippen LogP contribution in [-0.4, -0.2) is 41.3 Å². The van der Waals surface area contributed by atoms with E-state index in [1.54, 1.807) is 0 Å². The van der Waals surface area contributed by atoms with E-state index in [0.29, 0.717) is 35.7 Å². The minimum atomic E-state index is -0.854. The summed E-state index contributed by atoms with van der Waals surface area (Å²) in [5, 5.41) is 18.4. The van der Waals surface area contributed by atoms with Crippen molar-refractivity contribution in [1.82, 2.24) is 20.9 Å². The molecule has 4 N–H and O–H groups in total. The summed E-state index contributed by atoms with van der Waals surface area (Å²) in [6, 6.07) is 4.42. The van der Waals surface area contributed by atoms with E-state index in [4.69, 9.17) is 11.6 Å². The van der Waals surface area contributed by atoms with Crippen molar-refractivity contribution in [2.75, 3.05) is 6.54 Å². The minimum Gasteiger partial charge on any atom is -0.356 e. The summed E-state index contributed by atoms with van der Waals surface area (Å²) in [6.45, 7) is 0.622.